The van der Waals surface area contributed by atoms with Crippen molar-refractivity contribution in [3.05, 3.63) is 29.8 Å². The second kappa shape index (κ2) is 7.75. The highest BCUT2D eigenvalue weighted by Gasteiger charge is 2.44. The fraction of sp³-hybridized carbons (Fsp3) is 0.500. The second-order valence-electron chi connectivity index (χ2n) is 6.64. The quantitative estimate of drug-likeness (QED) is 0.514. The Morgan fingerprint density at radius 3 is 2.48 bits per heavy atom. The summed E-state index contributed by atoms with van der Waals surface area (Å²) in [5, 5.41) is 4.33. The van der Waals surface area contributed by atoms with Gasteiger partial charge in [-0.05, 0) is 37.8 Å². The minimum absolute atomic E-state index is 0.0424. The number of carbonyl (C=O) groups is 2. The lowest BCUT2D eigenvalue weighted by molar-refractivity contribution is -0.722. The van der Waals surface area contributed by atoms with Crippen LogP contribution in [0.25, 0.3) is 0 Å². The first-order valence-corrected chi connectivity index (χ1v) is 11.1. The van der Waals surface area contributed by atoms with Gasteiger partial charge < -0.3 is 10.6 Å². The number of quaternary nitrogens is 1. The molecule has 1 saturated carbocycles. The molecule has 0 saturated heterocycles. The van der Waals surface area contributed by atoms with Gasteiger partial charge in [-0.15, -0.1) is 0 Å². The van der Waals surface area contributed by atoms with E-state index in [1.54, 1.807) is 11.4 Å². The van der Waals surface area contributed by atoms with Gasteiger partial charge in [-0.3, -0.25) is 9.59 Å². The van der Waals surface area contributed by atoms with E-state index in [4.69, 9.17) is 34.8 Å². The van der Waals surface area contributed by atoms with Crippen molar-refractivity contribution >= 4 is 56.6 Å². The number of hydrogen-bond donors (Lipinski definition) is 2. The average Bonchev–Trinajstić information content (AvgIpc) is 3.16. The molecule has 2 amide bonds. The maximum absolute atomic E-state index is 12.5. The summed E-state index contributed by atoms with van der Waals surface area (Å²) < 4.78 is 23.8. The lowest BCUT2D eigenvalue weighted by Gasteiger charge is -2.26. The van der Waals surface area contributed by atoms with Crippen molar-refractivity contribution in [2.24, 2.45) is 0 Å². The van der Waals surface area contributed by atoms with Crippen molar-refractivity contribution in [3.63, 3.8) is 0 Å². The summed E-state index contributed by atoms with van der Waals surface area (Å²) in [6.07, 6.45) is 3.14. The summed E-state index contributed by atoms with van der Waals surface area (Å²) in [7, 11) is -4.07. The van der Waals surface area contributed by atoms with Crippen molar-refractivity contribution in [2.75, 3.05) is 6.54 Å². The van der Waals surface area contributed by atoms with Crippen LogP contribution in [0.4, 0.5) is 0 Å². The van der Waals surface area contributed by atoms with E-state index in [0.717, 1.165) is 25.7 Å². The Bertz CT molecular complexity index is 851. The molecule has 0 spiro atoms. The molecule has 0 bridgehead atoms. The first-order valence-electron chi connectivity index (χ1n) is 8.48. The Labute approximate surface area is 172 Å². The Hall–Kier alpha value is -1.06. The molecule has 1 aliphatic carbocycles. The van der Waals surface area contributed by atoms with Crippen molar-refractivity contribution in [3.8, 4) is 0 Å². The number of rotatable bonds is 5. The number of amides is 2. The zero-order valence-electron chi connectivity index (χ0n) is 14.2. The average molecular weight is 456 g/mol. The summed E-state index contributed by atoms with van der Waals surface area (Å²) in [6, 6.07) is 6.03. The number of carbonyl (C=O) groups excluding carboxylic acids is 2. The fourth-order valence-electron chi connectivity index (χ4n) is 3.40. The molecule has 0 radical (unpaired) electrons. The summed E-state index contributed by atoms with van der Waals surface area (Å²) in [4.78, 5) is 24.7. The molecule has 2 aliphatic rings. The summed E-state index contributed by atoms with van der Waals surface area (Å²) in [6.45, 7) is -0.675. The predicted molar refractivity (Wildman–Crippen MR) is 101 cm³/mol. The van der Waals surface area contributed by atoms with Gasteiger partial charge in [-0.1, -0.05) is 46.9 Å². The first kappa shape index (κ1) is 20.7. The molecule has 1 aromatic carbocycles. The van der Waals surface area contributed by atoms with Gasteiger partial charge in [0.15, 0.2) is 0 Å². The van der Waals surface area contributed by atoms with E-state index in [0.29, 0.717) is 4.31 Å². The Morgan fingerprint density at radius 2 is 1.89 bits per heavy atom. The Balaban J connectivity index is 1.72. The van der Waals surface area contributed by atoms with E-state index in [1.807, 2.05) is 0 Å². The molecule has 1 aromatic rings. The van der Waals surface area contributed by atoms with Crippen molar-refractivity contribution in [1.29, 1.82) is 0 Å². The van der Waals surface area contributed by atoms with E-state index in [-0.39, 0.29) is 16.5 Å². The van der Waals surface area contributed by atoms with Crippen LogP contribution in [-0.4, -0.2) is 47.1 Å². The number of fused-ring (bicyclic) bond motifs is 1. The molecule has 0 unspecified atom stereocenters. The van der Waals surface area contributed by atoms with Gasteiger partial charge in [0, 0.05) is 0 Å². The highest BCUT2D eigenvalue weighted by Crippen LogP contribution is 2.30. The zero-order chi connectivity index (χ0) is 19.8. The highest BCUT2D eigenvalue weighted by atomic mass is 35.6. The number of benzene rings is 1. The van der Waals surface area contributed by atoms with Gasteiger partial charge in [0.25, 0.3) is 19.7 Å². The van der Waals surface area contributed by atoms with Crippen molar-refractivity contribution < 1.29 is 23.3 Å². The van der Waals surface area contributed by atoms with Gasteiger partial charge in [0.2, 0.25) is 12.1 Å². The van der Waals surface area contributed by atoms with Crippen LogP contribution >= 0.6 is 34.8 Å². The smallest absolute Gasteiger partial charge is 0.269 e. The van der Waals surface area contributed by atoms with Crippen LogP contribution in [0.1, 0.15) is 36.0 Å². The molecule has 3 N–H and O–H groups in total. The van der Waals surface area contributed by atoms with Crippen LogP contribution in [0.3, 0.4) is 0 Å². The molecular formula is C16H19Cl3N3O4S+. The maximum atomic E-state index is 12.5. The summed E-state index contributed by atoms with van der Waals surface area (Å²) >= 11 is 17.9. The number of sulfonamides is 1. The van der Waals surface area contributed by atoms with Crippen LogP contribution in [0.2, 0.25) is 0 Å². The summed E-state index contributed by atoms with van der Waals surface area (Å²) in [5.41, 5.74) is 0.0424. The van der Waals surface area contributed by atoms with Crippen LogP contribution in [-0.2, 0) is 14.8 Å². The van der Waals surface area contributed by atoms with Crippen LogP contribution in [0.15, 0.2) is 29.2 Å². The van der Waals surface area contributed by atoms with Crippen LogP contribution < -0.4 is 10.6 Å². The molecule has 11 heteroatoms. The van der Waals surface area contributed by atoms with Crippen molar-refractivity contribution in [1.82, 2.24) is 9.62 Å². The number of hydrogen-bond acceptors (Lipinski definition) is 4. The molecule has 1 fully saturated rings. The third-order valence-corrected chi connectivity index (χ3v) is 7.23. The lowest BCUT2D eigenvalue weighted by Crippen LogP contribution is -3.00. The molecule has 1 atom stereocenters. The van der Waals surface area contributed by atoms with Gasteiger partial charge >= 0.3 is 0 Å². The zero-order valence-corrected chi connectivity index (χ0v) is 17.3. The number of nitrogens with zero attached hydrogens (tertiary/aromatic N) is 1. The molecular weight excluding hydrogens is 437 g/mol. The molecule has 1 heterocycles. The Morgan fingerprint density at radius 1 is 1.26 bits per heavy atom. The molecule has 27 heavy (non-hydrogen) atoms. The minimum Gasteiger partial charge on any atom is -0.321 e. The topological polar surface area (TPSA) is 100 Å². The van der Waals surface area contributed by atoms with Gasteiger partial charge in [0.1, 0.15) is 11.4 Å². The third-order valence-electron chi connectivity index (χ3n) is 4.73. The van der Waals surface area contributed by atoms with Gasteiger partial charge in [-0.25, -0.2) is 12.7 Å². The minimum atomic E-state index is -4.07. The number of nitrogens with one attached hydrogen (secondary N) is 1. The monoisotopic (exact) mass is 454 g/mol. The second-order valence-corrected chi connectivity index (χ2v) is 10.8. The van der Waals surface area contributed by atoms with E-state index in [1.165, 1.54) is 18.2 Å². The van der Waals surface area contributed by atoms with Crippen LogP contribution in [0, 0.1) is 0 Å². The molecule has 1 aliphatic heterocycles. The molecule has 0 aromatic heterocycles. The van der Waals surface area contributed by atoms with E-state index < -0.39 is 38.3 Å². The summed E-state index contributed by atoms with van der Waals surface area (Å²) in [5.74, 6) is -1.46. The number of halogens is 3. The van der Waals surface area contributed by atoms with E-state index in [9.17, 15) is 18.0 Å². The molecule has 148 valence electrons. The normalized spacial score (nSPS) is 20.6. The lowest BCUT2D eigenvalue weighted by atomic mass is 10.2. The fourth-order valence-corrected chi connectivity index (χ4v) is 5.30. The number of nitrogens with two attached hydrogens (primary N) is 1. The van der Waals surface area contributed by atoms with E-state index in [2.05, 4.69) is 5.32 Å². The van der Waals surface area contributed by atoms with Crippen molar-refractivity contribution in [2.45, 2.75) is 46.6 Å². The third kappa shape index (κ3) is 4.35. The first-order chi connectivity index (χ1) is 12.6. The SMILES string of the molecule is O=C(CN1C(=O)c2ccccc2S1(=O)=O)N[C@@H]([NH2+]C1CCCC1)C(Cl)(Cl)Cl. The maximum Gasteiger partial charge on any atom is 0.269 e. The predicted octanol–water partition coefficient (Wildman–Crippen LogP) is 1.15. The largest absolute Gasteiger partial charge is 0.321 e. The van der Waals surface area contributed by atoms with Gasteiger partial charge in [0.05, 0.1) is 11.6 Å². The van der Waals surface area contributed by atoms with Crippen LogP contribution in [0.5, 0.6) is 0 Å². The highest BCUT2D eigenvalue weighted by molar-refractivity contribution is 7.90. The molecule has 3 rings (SSSR count). The van der Waals surface area contributed by atoms with Gasteiger partial charge in [-0.2, -0.15) is 0 Å². The number of alkyl halides is 3. The van der Waals surface area contributed by atoms with E-state index >= 15 is 0 Å². The molecule has 7 nitrogen and oxygen atoms in total. The Kier molecular flexibility index (Phi) is 5.93. The standard InChI is InChI=1S/C16H18Cl3N3O4S/c17-16(18,19)15(20-10-5-1-2-6-10)21-13(23)9-22-14(24)11-7-3-4-8-12(11)27(22,25)26/h3-4,7-8,10,15,20H,1-2,5-6,9H2,(H,21,23)/p+1/t15-/m1/s1.